The van der Waals surface area contributed by atoms with Crippen LogP contribution in [0.25, 0.3) is 22.2 Å². The first kappa shape index (κ1) is 24.5. The minimum absolute atomic E-state index is 0.0756. The molecule has 0 amide bonds. The van der Waals surface area contributed by atoms with Gasteiger partial charge in [-0.2, -0.15) is 13.2 Å². The molecule has 1 aliphatic rings. The molecule has 0 radical (unpaired) electrons. The number of benzene rings is 3. The Morgan fingerprint density at radius 1 is 0.946 bits per heavy atom. The van der Waals surface area contributed by atoms with Gasteiger partial charge in [0.1, 0.15) is 5.82 Å². The minimum atomic E-state index is -4.49. The summed E-state index contributed by atoms with van der Waals surface area (Å²) in [5, 5.41) is 12.1. The van der Waals surface area contributed by atoms with Crippen molar-refractivity contribution in [2.24, 2.45) is 11.8 Å². The van der Waals surface area contributed by atoms with E-state index in [0.717, 1.165) is 12.1 Å². The fourth-order valence-electron chi connectivity index (χ4n) is 4.78. The van der Waals surface area contributed by atoms with Crippen molar-refractivity contribution in [2.45, 2.75) is 25.4 Å². The van der Waals surface area contributed by atoms with E-state index in [-0.39, 0.29) is 22.9 Å². The topological polar surface area (TPSA) is 95.1 Å². The summed E-state index contributed by atoms with van der Waals surface area (Å²) < 4.78 is 53.7. The Kier molecular flexibility index (Phi) is 6.18. The van der Waals surface area contributed by atoms with Crippen LogP contribution >= 0.6 is 0 Å². The molecule has 1 aliphatic carbocycles. The first-order valence-electron chi connectivity index (χ1n) is 11.6. The normalized spacial score (nSPS) is 17.7. The Balaban J connectivity index is 1.32. The number of hydrogen-bond acceptors (Lipinski definition) is 4. The summed E-state index contributed by atoms with van der Waals surface area (Å²) in [6.45, 7) is 0. The number of imidazole rings is 1. The highest BCUT2D eigenvalue weighted by molar-refractivity contribution is 6.00. The smallest absolute Gasteiger partial charge is 0.416 e. The number of aromatic nitrogens is 2. The number of aromatic amines is 1. The van der Waals surface area contributed by atoms with Crippen LogP contribution in [0.3, 0.4) is 0 Å². The van der Waals surface area contributed by atoms with E-state index in [9.17, 15) is 32.3 Å². The van der Waals surface area contributed by atoms with Crippen molar-refractivity contribution in [1.82, 2.24) is 9.97 Å². The maximum Gasteiger partial charge on any atom is 0.416 e. The van der Waals surface area contributed by atoms with E-state index in [1.807, 2.05) is 0 Å². The number of nitrogens with one attached hydrogen (secondary N) is 2. The van der Waals surface area contributed by atoms with Crippen LogP contribution < -0.4 is 5.32 Å². The van der Waals surface area contributed by atoms with Crippen LogP contribution in [0.15, 0.2) is 60.7 Å². The van der Waals surface area contributed by atoms with Crippen molar-refractivity contribution in [3.63, 3.8) is 0 Å². The molecule has 0 saturated heterocycles. The number of carbonyl (C=O) groups is 2. The molecule has 1 saturated carbocycles. The van der Waals surface area contributed by atoms with Gasteiger partial charge in [-0.15, -0.1) is 0 Å². The van der Waals surface area contributed by atoms with Gasteiger partial charge in [0.05, 0.1) is 28.2 Å². The summed E-state index contributed by atoms with van der Waals surface area (Å²) in [6.07, 6.45) is -2.75. The van der Waals surface area contributed by atoms with Gasteiger partial charge in [0.2, 0.25) is 5.95 Å². The average Bonchev–Trinajstić information content (AvgIpc) is 3.51. The van der Waals surface area contributed by atoms with Gasteiger partial charge < -0.3 is 15.4 Å². The molecule has 0 spiro atoms. The number of fused-ring (bicyclic) bond motifs is 1. The Bertz CT molecular complexity index is 1500. The van der Waals surface area contributed by atoms with Gasteiger partial charge in [0.15, 0.2) is 5.78 Å². The quantitative estimate of drug-likeness (QED) is 0.195. The van der Waals surface area contributed by atoms with E-state index in [1.54, 1.807) is 30.3 Å². The number of Topliss-reactive ketones (excluding diaryl/α,β-unsaturated/α-hetero) is 1. The zero-order chi connectivity index (χ0) is 26.3. The summed E-state index contributed by atoms with van der Waals surface area (Å²) in [5.74, 6) is -2.87. The molecule has 10 heteroatoms. The van der Waals surface area contributed by atoms with Crippen molar-refractivity contribution in [3.05, 3.63) is 77.6 Å². The Morgan fingerprint density at radius 3 is 2.32 bits per heavy atom. The molecule has 37 heavy (non-hydrogen) atoms. The summed E-state index contributed by atoms with van der Waals surface area (Å²) >= 11 is 0. The number of ketones is 1. The van der Waals surface area contributed by atoms with Crippen LogP contribution in [-0.2, 0) is 11.0 Å². The summed E-state index contributed by atoms with van der Waals surface area (Å²) in [4.78, 5) is 31.1. The number of nitrogens with zero attached hydrogens (tertiary/aromatic N) is 1. The summed E-state index contributed by atoms with van der Waals surface area (Å²) in [7, 11) is 0. The van der Waals surface area contributed by atoms with E-state index >= 15 is 0 Å². The van der Waals surface area contributed by atoms with Gasteiger partial charge in [0.25, 0.3) is 0 Å². The molecular formula is C27H21F4N3O3. The fourth-order valence-corrected chi connectivity index (χ4v) is 4.78. The van der Waals surface area contributed by atoms with Crippen LogP contribution in [0.4, 0.5) is 29.2 Å². The van der Waals surface area contributed by atoms with Crippen molar-refractivity contribution < 1.29 is 32.3 Å². The lowest BCUT2D eigenvalue weighted by molar-refractivity contribution is -0.142. The summed E-state index contributed by atoms with van der Waals surface area (Å²) in [5.41, 5.74) is 1.34. The van der Waals surface area contributed by atoms with E-state index in [0.29, 0.717) is 41.5 Å². The fraction of sp³-hybridized carbons (Fsp3) is 0.222. The predicted molar refractivity (Wildman–Crippen MR) is 129 cm³/mol. The van der Waals surface area contributed by atoms with Gasteiger partial charge in [0, 0.05) is 11.5 Å². The largest absolute Gasteiger partial charge is 0.481 e. The number of rotatable bonds is 6. The second-order valence-corrected chi connectivity index (χ2v) is 9.06. The van der Waals surface area contributed by atoms with Crippen LogP contribution in [0.2, 0.25) is 0 Å². The number of carboxylic acid groups (broad SMARTS) is 1. The minimum Gasteiger partial charge on any atom is -0.481 e. The molecule has 5 rings (SSSR count). The molecule has 6 nitrogen and oxygen atoms in total. The lowest BCUT2D eigenvalue weighted by atomic mass is 9.88. The lowest BCUT2D eigenvalue weighted by Gasteiger charge is -2.15. The van der Waals surface area contributed by atoms with Crippen LogP contribution in [0.1, 0.15) is 35.2 Å². The van der Waals surface area contributed by atoms with Crippen LogP contribution in [0, 0.1) is 17.7 Å². The maximum atomic E-state index is 14.9. The van der Waals surface area contributed by atoms with Gasteiger partial charge >= 0.3 is 12.1 Å². The molecule has 0 aliphatic heterocycles. The molecule has 3 N–H and O–H groups in total. The highest BCUT2D eigenvalue weighted by Crippen LogP contribution is 2.35. The number of carbonyl (C=O) groups excluding carboxylic acids is 1. The van der Waals surface area contributed by atoms with Crippen LogP contribution in [0.5, 0.6) is 0 Å². The molecule has 4 aromatic rings. The molecule has 2 atom stereocenters. The van der Waals surface area contributed by atoms with Gasteiger partial charge in [-0.1, -0.05) is 36.8 Å². The zero-order valence-corrected chi connectivity index (χ0v) is 19.3. The van der Waals surface area contributed by atoms with Crippen molar-refractivity contribution in [1.29, 1.82) is 0 Å². The first-order chi connectivity index (χ1) is 17.6. The number of aliphatic carboxylic acids is 1. The SMILES string of the molecule is O=C(O)C1CCCC1C(=O)c1ccc(-c2ccc(Nc3nc4ccc(C(F)(F)F)cc4[nH]3)c(F)c2)cc1. The first-order valence-corrected chi connectivity index (χ1v) is 11.6. The monoisotopic (exact) mass is 511 g/mol. The maximum absolute atomic E-state index is 14.9. The van der Waals surface area contributed by atoms with Crippen molar-refractivity contribution >= 4 is 34.4 Å². The van der Waals surface area contributed by atoms with E-state index < -0.39 is 35.4 Å². The molecule has 2 unspecified atom stereocenters. The second kappa shape index (κ2) is 9.34. The number of carboxylic acids is 1. The second-order valence-electron chi connectivity index (χ2n) is 9.06. The molecule has 3 aromatic carbocycles. The number of halogens is 4. The Morgan fingerprint density at radius 2 is 1.65 bits per heavy atom. The van der Waals surface area contributed by atoms with Gasteiger partial charge in [-0.25, -0.2) is 9.37 Å². The van der Waals surface area contributed by atoms with Gasteiger partial charge in [-0.05, 0) is 54.3 Å². The third-order valence-electron chi connectivity index (χ3n) is 6.70. The molecule has 190 valence electrons. The van der Waals surface area contributed by atoms with E-state index in [4.69, 9.17) is 0 Å². The van der Waals surface area contributed by atoms with Crippen molar-refractivity contribution in [3.8, 4) is 11.1 Å². The third kappa shape index (κ3) is 4.91. The number of hydrogen-bond donors (Lipinski definition) is 3. The Hall–Kier alpha value is -4.21. The molecule has 1 heterocycles. The zero-order valence-electron chi connectivity index (χ0n) is 19.3. The predicted octanol–water partition coefficient (Wildman–Crippen LogP) is 6.82. The number of H-pyrrole nitrogens is 1. The highest BCUT2D eigenvalue weighted by Gasteiger charge is 2.38. The van der Waals surface area contributed by atoms with E-state index in [1.165, 1.54) is 18.2 Å². The van der Waals surface area contributed by atoms with Crippen LogP contribution in [-0.4, -0.2) is 26.8 Å². The molecular weight excluding hydrogens is 490 g/mol. The van der Waals surface area contributed by atoms with Gasteiger partial charge in [-0.3, -0.25) is 9.59 Å². The molecule has 1 aromatic heterocycles. The Labute approximate surface area is 208 Å². The van der Waals surface area contributed by atoms with Crippen molar-refractivity contribution in [2.75, 3.05) is 5.32 Å². The van der Waals surface area contributed by atoms with E-state index in [2.05, 4.69) is 15.3 Å². The number of alkyl halides is 3. The lowest BCUT2D eigenvalue weighted by Crippen LogP contribution is -2.25. The standard InChI is InChI=1S/C27H21F4N3O3/c28-20-12-16(14-4-6-15(7-5-14)24(35)18-2-1-3-19(18)25(36)37)8-10-21(20)32-26-33-22-11-9-17(27(29,30)31)13-23(22)34-26/h4-13,18-19H,1-3H2,(H,36,37)(H2,32,33,34). The highest BCUT2D eigenvalue weighted by atomic mass is 19.4. The molecule has 0 bridgehead atoms. The molecule has 1 fully saturated rings. The third-order valence-corrected chi connectivity index (χ3v) is 6.70. The summed E-state index contributed by atoms with van der Waals surface area (Å²) in [6, 6.07) is 14.1. The number of anilines is 2. The average molecular weight is 511 g/mol.